The molecule has 0 amide bonds. The van der Waals surface area contributed by atoms with Crippen molar-refractivity contribution in [2.45, 2.75) is 0 Å². The van der Waals surface area contributed by atoms with Crippen molar-refractivity contribution in [3.8, 4) is 22.5 Å². The number of benzene rings is 2. The Labute approximate surface area is 109 Å². The van der Waals surface area contributed by atoms with Crippen LogP contribution in [0.15, 0.2) is 59.1 Å². The molecular weight excluding hydrogens is 248 g/mol. The fourth-order valence-electron chi connectivity index (χ4n) is 1.76. The van der Waals surface area contributed by atoms with Gasteiger partial charge in [0.25, 0.3) is 0 Å². The van der Waals surface area contributed by atoms with Gasteiger partial charge in [-0.05, 0) is 22.7 Å². The smallest absolute Gasteiger partial charge is 0.320 e. The highest BCUT2D eigenvalue weighted by Gasteiger charge is 2.06. The topological polar surface area (TPSA) is 38.9 Å². The van der Waals surface area contributed by atoms with E-state index < -0.39 is 0 Å². The van der Waals surface area contributed by atoms with Crippen molar-refractivity contribution in [3.63, 3.8) is 0 Å². The zero-order valence-electron chi connectivity index (χ0n) is 9.38. The van der Waals surface area contributed by atoms with Crippen molar-refractivity contribution >= 4 is 11.6 Å². The first-order valence-electron chi connectivity index (χ1n) is 5.48. The quantitative estimate of drug-likeness (QED) is 0.694. The van der Waals surface area contributed by atoms with Gasteiger partial charge in [0.15, 0.2) is 0 Å². The van der Waals surface area contributed by atoms with Crippen LogP contribution in [0.5, 0.6) is 0 Å². The van der Waals surface area contributed by atoms with E-state index in [1.165, 1.54) is 5.56 Å². The van der Waals surface area contributed by atoms with Gasteiger partial charge in [0.2, 0.25) is 5.82 Å². The zero-order chi connectivity index (χ0) is 12.4. The Morgan fingerprint density at radius 1 is 0.778 bits per heavy atom. The molecule has 2 aromatic carbocycles. The lowest BCUT2D eigenvalue weighted by molar-refractivity contribution is 0.421. The van der Waals surface area contributed by atoms with Crippen molar-refractivity contribution in [2.75, 3.05) is 0 Å². The molecule has 1 aromatic heterocycles. The number of rotatable bonds is 2. The Morgan fingerprint density at radius 2 is 1.39 bits per heavy atom. The van der Waals surface area contributed by atoms with Gasteiger partial charge in [-0.1, -0.05) is 59.8 Å². The van der Waals surface area contributed by atoms with E-state index in [9.17, 15) is 0 Å². The van der Waals surface area contributed by atoms with Gasteiger partial charge in [0.1, 0.15) is 0 Å². The molecule has 0 radical (unpaired) electrons. The molecule has 0 fully saturated rings. The van der Waals surface area contributed by atoms with Crippen LogP contribution in [-0.4, -0.2) is 10.1 Å². The second-order valence-electron chi connectivity index (χ2n) is 3.81. The summed E-state index contributed by atoms with van der Waals surface area (Å²) < 4.78 is 4.74. The van der Waals surface area contributed by atoms with Crippen LogP contribution in [0.2, 0.25) is 5.35 Å². The fourth-order valence-corrected chi connectivity index (χ4v) is 1.88. The Bertz CT molecular complexity index is 647. The van der Waals surface area contributed by atoms with Gasteiger partial charge in [-0.25, -0.2) is 0 Å². The molecule has 1 heterocycles. The molecule has 0 spiro atoms. The van der Waals surface area contributed by atoms with Crippen LogP contribution < -0.4 is 0 Å². The number of nitrogens with zero attached hydrogens (tertiary/aromatic N) is 2. The molecule has 0 unspecified atom stereocenters. The highest BCUT2D eigenvalue weighted by molar-refractivity contribution is 6.27. The molecule has 3 rings (SSSR count). The average molecular weight is 257 g/mol. The van der Waals surface area contributed by atoms with Crippen LogP contribution in [-0.2, 0) is 0 Å². The van der Waals surface area contributed by atoms with Crippen LogP contribution in [0, 0.1) is 0 Å². The maximum Gasteiger partial charge on any atom is 0.320 e. The van der Waals surface area contributed by atoms with Crippen LogP contribution >= 0.6 is 11.6 Å². The molecule has 0 saturated carbocycles. The molecule has 3 aromatic rings. The second-order valence-corrected chi connectivity index (χ2v) is 4.14. The normalized spacial score (nSPS) is 10.5. The van der Waals surface area contributed by atoms with Gasteiger partial charge in [-0.2, -0.15) is 4.98 Å². The number of hydrogen-bond donors (Lipinski definition) is 0. The number of halogens is 1. The van der Waals surface area contributed by atoms with E-state index in [0.29, 0.717) is 5.82 Å². The molecule has 18 heavy (non-hydrogen) atoms. The second kappa shape index (κ2) is 4.63. The highest BCUT2D eigenvalue weighted by atomic mass is 35.5. The third kappa shape index (κ3) is 2.13. The summed E-state index contributed by atoms with van der Waals surface area (Å²) in [4.78, 5) is 3.97. The fraction of sp³-hybridized carbons (Fsp3) is 0. The Morgan fingerprint density at radius 3 is 2.00 bits per heavy atom. The van der Waals surface area contributed by atoms with Crippen LogP contribution in [0.25, 0.3) is 22.5 Å². The molecule has 0 aliphatic rings. The third-order valence-electron chi connectivity index (χ3n) is 2.65. The largest absolute Gasteiger partial charge is 0.321 e. The number of hydrogen-bond acceptors (Lipinski definition) is 3. The predicted octanol–water partition coefficient (Wildman–Crippen LogP) is 4.06. The lowest BCUT2D eigenvalue weighted by Crippen LogP contribution is -1.81. The molecule has 0 atom stereocenters. The molecule has 3 nitrogen and oxygen atoms in total. The first-order chi connectivity index (χ1) is 8.83. The highest BCUT2D eigenvalue weighted by Crippen LogP contribution is 2.23. The molecule has 88 valence electrons. The molecule has 0 N–H and O–H groups in total. The lowest BCUT2D eigenvalue weighted by atomic mass is 10.0. The summed E-state index contributed by atoms with van der Waals surface area (Å²) in [7, 11) is 0. The summed E-state index contributed by atoms with van der Waals surface area (Å²) in [5, 5.41) is 3.82. The lowest BCUT2D eigenvalue weighted by Gasteiger charge is -2.01. The maximum absolute atomic E-state index is 5.60. The van der Waals surface area contributed by atoms with Gasteiger partial charge in [-0.15, -0.1) is 0 Å². The van der Waals surface area contributed by atoms with Gasteiger partial charge >= 0.3 is 5.35 Å². The van der Waals surface area contributed by atoms with Crippen molar-refractivity contribution < 1.29 is 4.52 Å². The summed E-state index contributed by atoms with van der Waals surface area (Å²) in [5.41, 5.74) is 3.20. The van der Waals surface area contributed by atoms with Crippen LogP contribution in [0.3, 0.4) is 0 Å². The van der Waals surface area contributed by atoms with Crippen molar-refractivity contribution in [2.24, 2.45) is 0 Å². The monoisotopic (exact) mass is 256 g/mol. The van der Waals surface area contributed by atoms with Crippen molar-refractivity contribution in [3.05, 3.63) is 59.9 Å². The van der Waals surface area contributed by atoms with E-state index in [0.717, 1.165) is 11.1 Å². The van der Waals surface area contributed by atoms with Crippen LogP contribution in [0.4, 0.5) is 0 Å². The molecule has 0 aliphatic heterocycles. The minimum atomic E-state index is 0.0529. The Kier molecular flexibility index (Phi) is 2.82. The van der Waals surface area contributed by atoms with Crippen molar-refractivity contribution in [1.29, 1.82) is 0 Å². The molecule has 0 aliphatic carbocycles. The SMILES string of the molecule is Clc1nc(-c2ccc(-c3ccccc3)cc2)no1. The van der Waals surface area contributed by atoms with Gasteiger partial charge in [0, 0.05) is 5.56 Å². The third-order valence-corrected chi connectivity index (χ3v) is 2.80. The first-order valence-corrected chi connectivity index (χ1v) is 5.86. The summed E-state index contributed by atoms with van der Waals surface area (Å²) in [6.45, 7) is 0. The van der Waals surface area contributed by atoms with Gasteiger partial charge in [0.05, 0.1) is 0 Å². The van der Waals surface area contributed by atoms with Crippen molar-refractivity contribution in [1.82, 2.24) is 10.1 Å². The summed E-state index contributed by atoms with van der Waals surface area (Å²) in [5.74, 6) is 0.500. The molecule has 0 bridgehead atoms. The van der Waals surface area contributed by atoms with Crippen LogP contribution in [0.1, 0.15) is 0 Å². The average Bonchev–Trinajstić information content (AvgIpc) is 2.87. The zero-order valence-corrected chi connectivity index (χ0v) is 10.1. The van der Waals surface area contributed by atoms with E-state index in [2.05, 4.69) is 22.3 Å². The summed E-state index contributed by atoms with van der Waals surface area (Å²) in [6.07, 6.45) is 0. The maximum atomic E-state index is 5.60. The van der Waals surface area contributed by atoms with E-state index in [1.54, 1.807) is 0 Å². The standard InChI is InChI=1S/C14H9ClN2O/c15-14-16-13(17-18-14)12-8-6-11(7-9-12)10-4-2-1-3-5-10/h1-9H. The molecule has 4 heteroatoms. The van der Waals surface area contributed by atoms with E-state index in [4.69, 9.17) is 16.1 Å². The molecular formula is C14H9ClN2O. The van der Waals surface area contributed by atoms with Gasteiger partial charge in [-0.3, -0.25) is 0 Å². The summed E-state index contributed by atoms with van der Waals surface area (Å²) in [6, 6.07) is 18.1. The predicted molar refractivity (Wildman–Crippen MR) is 70.2 cm³/mol. The van der Waals surface area contributed by atoms with E-state index in [-0.39, 0.29) is 5.35 Å². The first kappa shape index (κ1) is 11.0. The number of aromatic nitrogens is 2. The van der Waals surface area contributed by atoms with E-state index >= 15 is 0 Å². The summed E-state index contributed by atoms with van der Waals surface area (Å²) >= 11 is 5.60. The minimum absolute atomic E-state index is 0.0529. The Hall–Kier alpha value is -2.13. The van der Waals surface area contributed by atoms with E-state index in [1.807, 2.05) is 42.5 Å². The Balaban J connectivity index is 1.94. The van der Waals surface area contributed by atoms with Gasteiger partial charge < -0.3 is 4.52 Å². The molecule has 0 saturated heterocycles. The minimum Gasteiger partial charge on any atom is -0.321 e.